The summed E-state index contributed by atoms with van der Waals surface area (Å²) in [5, 5.41) is 9.25. The molecule has 29 heavy (non-hydrogen) atoms. The molecule has 1 fully saturated rings. The molecule has 1 aromatic heterocycles. The van der Waals surface area contributed by atoms with E-state index in [0.717, 1.165) is 24.2 Å². The van der Waals surface area contributed by atoms with E-state index < -0.39 is 16.0 Å². The summed E-state index contributed by atoms with van der Waals surface area (Å²) >= 11 is 0. The Kier molecular flexibility index (Phi) is 4.79. The van der Waals surface area contributed by atoms with Crippen LogP contribution in [0.2, 0.25) is 0 Å². The number of aromatic nitrogens is 2. The number of aryl methyl sites for hydroxylation is 1. The van der Waals surface area contributed by atoms with Gasteiger partial charge in [0.2, 0.25) is 0 Å². The molecule has 0 aliphatic carbocycles. The molecule has 3 N–H and O–H groups in total. The quantitative estimate of drug-likeness (QED) is 0.586. The second-order valence-corrected chi connectivity index (χ2v) is 8.83. The standard InChI is InChI=1S/C20H21N3O5S/c1-11-8-13(20(24)25)9-18(12(11)2)29(26,27)23-14-5-6-15-16(10-14)22-19(21-15)17-4-3-7-28-17/h5-6,8-10,17,23H,3-4,7H2,1-2H3,(H,21,22)(H,24,25). The van der Waals surface area contributed by atoms with E-state index >= 15 is 0 Å². The van der Waals surface area contributed by atoms with Crippen molar-refractivity contribution in [1.29, 1.82) is 0 Å². The first-order valence-electron chi connectivity index (χ1n) is 9.23. The lowest BCUT2D eigenvalue weighted by atomic mass is 10.1. The van der Waals surface area contributed by atoms with Crippen molar-refractivity contribution < 1.29 is 23.1 Å². The third-order valence-electron chi connectivity index (χ3n) is 5.14. The maximum absolute atomic E-state index is 13.0. The largest absolute Gasteiger partial charge is 0.478 e. The fourth-order valence-electron chi connectivity index (χ4n) is 3.48. The van der Waals surface area contributed by atoms with Crippen LogP contribution in [0.15, 0.2) is 35.2 Å². The predicted molar refractivity (Wildman–Crippen MR) is 108 cm³/mol. The topological polar surface area (TPSA) is 121 Å². The third-order valence-corrected chi connectivity index (χ3v) is 6.65. The molecule has 8 nitrogen and oxygen atoms in total. The molecular weight excluding hydrogens is 394 g/mol. The average Bonchev–Trinajstić information content (AvgIpc) is 3.31. The summed E-state index contributed by atoms with van der Waals surface area (Å²) in [6, 6.07) is 7.66. The van der Waals surface area contributed by atoms with Gasteiger partial charge < -0.3 is 14.8 Å². The minimum absolute atomic E-state index is 0.0559. The molecular formula is C20H21N3O5S. The Labute approximate surface area is 168 Å². The number of fused-ring (bicyclic) bond motifs is 1. The number of rotatable bonds is 5. The Morgan fingerprint density at radius 2 is 2.07 bits per heavy atom. The van der Waals surface area contributed by atoms with Crippen molar-refractivity contribution >= 4 is 32.7 Å². The molecule has 4 rings (SSSR count). The van der Waals surface area contributed by atoms with Gasteiger partial charge in [-0.05, 0) is 68.1 Å². The van der Waals surface area contributed by atoms with E-state index in [1.807, 2.05) is 0 Å². The van der Waals surface area contributed by atoms with Crippen LogP contribution in [-0.2, 0) is 14.8 Å². The molecule has 0 bridgehead atoms. The summed E-state index contributed by atoms with van der Waals surface area (Å²) < 4.78 is 34.1. The highest BCUT2D eigenvalue weighted by molar-refractivity contribution is 7.92. The maximum Gasteiger partial charge on any atom is 0.335 e. The van der Waals surface area contributed by atoms with Crippen molar-refractivity contribution in [2.24, 2.45) is 0 Å². The van der Waals surface area contributed by atoms with Gasteiger partial charge in [0.15, 0.2) is 0 Å². The number of hydrogen-bond acceptors (Lipinski definition) is 5. The van der Waals surface area contributed by atoms with Gasteiger partial charge in [-0.25, -0.2) is 18.2 Å². The van der Waals surface area contributed by atoms with Crippen molar-refractivity contribution in [3.05, 3.63) is 52.8 Å². The Balaban J connectivity index is 1.67. The van der Waals surface area contributed by atoms with Crippen molar-refractivity contribution in [2.45, 2.75) is 37.7 Å². The first-order valence-corrected chi connectivity index (χ1v) is 10.7. The van der Waals surface area contributed by atoms with Crippen LogP contribution in [0.3, 0.4) is 0 Å². The van der Waals surface area contributed by atoms with Crippen molar-refractivity contribution in [3.63, 3.8) is 0 Å². The third kappa shape index (κ3) is 3.70. The van der Waals surface area contributed by atoms with Crippen LogP contribution in [0.5, 0.6) is 0 Å². The van der Waals surface area contributed by atoms with E-state index in [4.69, 9.17) is 4.74 Å². The zero-order chi connectivity index (χ0) is 20.8. The van der Waals surface area contributed by atoms with Gasteiger partial charge in [-0.3, -0.25) is 4.72 Å². The maximum atomic E-state index is 13.0. The van der Waals surface area contributed by atoms with Crippen LogP contribution in [0.1, 0.15) is 46.3 Å². The molecule has 9 heteroatoms. The number of nitrogens with one attached hydrogen (secondary N) is 2. The Morgan fingerprint density at radius 1 is 1.28 bits per heavy atom. The van der Waals surface area contributed by atoms with Gasteiger partial charge in [-0.1, -0.05) is 0 Å². The highest BCUT2D eigenvalue weighted by Gasteiger charge is 2.23. The van der Waals surface area contributed by atoms with Gasteiger partial charge in [-0.2, -0.15) is 0 Å². The molecule has 0 radical (unpaired) electrons. The fourth-order valence-corrected chi connectivity index (χ4v) is 4.87. The number of anilines is 1. The van der Waals surface area contributed by atoms with E-state index in [1.54, 1.807) is 32.0 Å². The molecule has 1 aliphatic rings. The summed E-state index contributed by atoms with van der Waals surface area (Å²) in [6.07, 6.45) is 1.82. The number of aromatic carboxylic acids is 1. The average molecular weight is 415 g/mol. The minimum atomic E-state index is -3.97. The van der Waals surface area contributed by atoms with Gasteiger partial charge >= 0.3 is 5.97 Å². The predicted octanol–water partition coefficient (Wildman–Crippen LogP) is 3.53. The molecule has 1 atom stereocenters. The van der Waals surface area contributed by atoms with Crippen LogP contribution >= 0.6 is 0 Å². The minimum Gasteiger partial charge on any atom is -0.478 e. The fraction of sp³-hybridized carbons (Fsp3) is 0.300. The molecule has 1 aliphatic heterocycles. The molecule has 1 saturated heterocycles. The zero-order valence-corrected chi connectivity index (χ0v) is 16.8. The SMILES string of the molecule is Cc1cc(C(=O)O)cc(S(=O)(=O)Nc2ccc3nc(C4CCCO4)[nH]c3c2)c1C. The van der Waals surface area contributed by atoms with Crippen molar-refractivity contribution in [2.75, 3.05) is 11.3 Å². The zero-order valence-electron chi connectivity index (χ0n) is 16.0. The first kappa shape index (κ1) is 19.4. The van der Waals surface area contributed by atoms with E-state index in [0.29, 0.717) is 28.9 Å². The molecule has 0 spiro atoms. The smallest absolute Gasteiger partial charge is 0.335 e. The monoisotopic (exact) mass is 415 g/mol. The van der Waals surface area contributed by atoms with Gasteiger partial charge in [0.25, 0.3) is 10.0 Å². The number of hydrogen-bond donors (Lipinski definition) is 3. The summed E-state index contributed by atoms with van der Waals surface area (Å²) in [6.45, 7) is 4.05. The summed E-state index contributed by atoms with van der Waals surface area (Å²) in [7, 11) is -3.97. The number of H-pyrrole nitrogens is 1. The number of carboxylic acids is 1. The summed E-state index contributed by atoms with van der Waals surface area (Å²) in [5.74, 6) is -0.441. The van der Waals surface area contributed by atoms with Crippen LogP contribution in [0, 0.1) is 13.8 Å². The molecule has 2 aromatic carbocycles. The highest BCUT2D eigenvalue weighted by atomic mass is 32.2. The summed E-state index contributed by atoms with van der Waals surface area (Å²) in [5.41, 5.74) is 2.80. The van der Waals surface area contributed by atoms with E-state index in [1.165, 1.54) is 12.1 Å². The molecule has 1 unspecified atom stereocenters. The summed E-state index contributed by atoms with van der Waals surface area (Å²) in [4.78, 5) is 19.0. The Hall–Kier alpha value is -2.91. The van der Waals surface area contributed by atoms with Crippen molar-refractivity contribution in [1.82, 2.24) is 9.97 Å². The number of imidazole rings is 1. The molecule has 3 aromatic rings. The molecule has 2 heterocycles. The second-order valence-electron chi connectivity index (χ2n) is 7.18. The van der Waals surface area contributed by atoms with Crippen LogP contribution in [0.25, 0.3) is 11.0 Å². The van der Waals surface area contributed by atoms with Gasteiger partial charge in [-0.15, -0.1) is 0 Å². The second kappa shape index (κ2) is 7.16. The van der Waals surface area contributed by atoms with E-state index in [-0.39, 0.29) is 16.6 Å². The lowest BCUT2D eigenvalue weighted by Gasteiger charge is -2.13. The Morgan fingerprint density at radius 3 is 2.76 bits per heavy atom. The van der Waals surface area contributed by atoms with Crippen molar-refractivity contribution in [3.8, 4) is 0 Å². The molecule has 152 valence electrons. The highest BCUT2D eigenvalue weighted by Crippen LogP contribution is 2.29. The normalized spacial score (nSPS) is 17.0. The van der Waals surface area contributed by atoms with Gasteiger partial charge in [0, 0.05) is 6.61 Å². The number of sulfonamides is 1. The first-order chi connectivity index (χ1) is 13.7. The van der Waals surface area contributed by atoms with E-state index in [2.05, 4.69) is 14.7 Å². The number of aromatic amines is 1. The van der Waals surface area contributed by atoms with Gasteiger partial charge in [0.05, 0.1) is 27.2 Å². The Bertz CT molecular complexity index is 1210. The number of carbonyl (C=O) groups is 1. The van der Waals surface area contributed by atoms with Crippen LogP contribution < -0.4 is 4.72 Å². The number of carboxylic acid groups (broad SMARTS) is 1. The van der Waals surface area contributed by atoms with Gasteiger partial charge in [0.1, 0.15) is 11.9 Å². The lowest BCUT2D eigenvalue weighted by Crippen LogP contribution is -2.16. The molecule has 0 amide bonds. The van der Waals surface area contributed by atoms with E-state index in [9.17, 15) is 18.3 Å². The van der Waals surface area contributed by atoms with Crippen LogP contribution in [-0.4, -0.2) is 36.1 Å². The number of benzene rings is 2. The van der Waals surface area contributed by atoms with Crippen LogP contribution in [0.4, 0.5) is 5.69 Å². The number of ether oxygens (including phenoxy) is 1. The molecule has 0 saturated carbocycles. The number of nitrogens with zero attached hydrogens (tertiary/aromatic N) is 1. The lowest BCUT2D eigenvalue weighted by molar-refractivity contribution is 0.0696.